The van der Waals surface area contributed by atoms with Gasteiger partial charge in [-0.2, -0.15) is 0 Å². The van der Waals surface area contributed by atoms with E-state index < -0.39 is 15.2 Å². The van der Waals surface area contributed by atoms with Crippen LogP contribution >= 0.6 is 15.2 Å². The second-order valence-corrected chi connectivity index (χ2v) is 9.53. The van der Waals surface area contributed by atoms with E-state index in [1.54, 1.807) is 0 Å². The zero-order valence-electron chi connectivity index (χ0n) is 14.2. The van der Waals surface area contributed by atoms with Crippen LogP contribution in [-0.2, 0) is 27.2 Å². The number of hydrogen-bond acceptors (Lipinski definition) is 6. The Morgan fingerprint density at radius 2 is 1.23 bits per heavy atom. The maximum absolute atomic E-state index is 12.9. The third kappa shape index (κ3) is 7.08. The second kappa shape index (κ2) is 11.6. The van der Waals surface area contributed by atoms with Gasteiger partial charge in [-0.05, 0) is 12.8 Å². The fourth-order valence-corrected chi connectivity index (χ4v) is 5.41. The largest absolute Gasteiger partial charge is 0.368 e. The van der Waals surface area contributed by atoms with Crippen LogP contribution in [0.25, 0.3) is 0 Å². The van der Waals surface area contributed by atoms with Gasteiger partial charge in [-0.25, -0.2) is 0 Å². The normalized spacial score (nSPS) is 12.5. The van der Waals surface area contributed by atoms with Crippen molar-refractivity contribution in [3.05, 3.63) is 11.6 Å². The highest BCUT2D eigenvalue weighted by Crippen LogP contribution is 2.72. The summed E-state index contributed by atoms with van der Waals surface area (Å²) in [6.07, 6.45) is 5.43. The van der Waals surface area contributed by atoms with Gasteiger partial charge in [0.05, 0.1) is 13.2 Å². The predicted molar refractivity (Wildman–Crippen MR) is 89.3 cm³/mol. The summed E-state index contributed by atoms with van der Waals surface area (Å²) in [5.74, 6) is 0. The molecule has 0 N–H and O–H groups in total. The van der Waals surface area contributed by atoms with Crippen LogP contribution in [0.3, 0.4) is 0 Å². The van der Waals surface area contributed by atoms with E-state index in [1.807, 2.05) is 0 Å². The topological polar surface area (TPSA) is 71.1 Å². The average molecular weight is 356 g/mol. The minimum atomic E-state index is -3.75. The summed E-state index contributed by atoms with van der Waals surface area (Å²) in [6.45, 7) is 8.24. The van der Waals surface area contributed by atoms with Gasteiger partial charge in [0.1, 0.15) is 5.06 Å². The number of rotatable bonds is 14. The summed E-state index contributed by atoms with van der Waals surface area (Å²) in [5, 5.41) is -0.238. The maximum atomic E-state index is 12.9. The second-order valence-electron chi connectivity index (χ2n) is 4.86. The van der Waals surface area contributed by atoms with Gasteiger partial charge in [-0.3, -0.25) is 9.13 Å². The van der Waals surface area contributed by atoms with E-state index in [2.05, 4.69) is 20.4 Å². The molecule has 0 heterocycles. The maximum Gasteiger partial charge on any atom is 0.368 e. The molecule has 8 heteroatoms. The molecule has 0 aliphatic rings. The van der Waals surface area contributed by atoms with E-state index in [1.165, 1.54) is 14.2 Å². The molecule has 0 aromatic rings. The summed E-state index contributed by atoms with van der Waals surface area (Å²) in [7, 11) is -5.03. The van der Waals surface area contributed by atoms with Crippen LogP contribution < -0.4 is 0 Å². The molecule has 0 aromatic heterocycles. The molecule has 0 fully saturated rings. The minimum Gasteiger partial charge on any atom is -0.308 e. The molecular formula is C14H30O6P2. The molecule has 0 radical (unpaired) electrons. The SMILES string of the molecule is C=C(P(=O)(OC)OC)P(=O)(OCCCCC)OCCCCC. The van der Waals surface area contributed by atoms with E-state index in [0.29, 0.717) is 0 Å². The van der Waals surface area contributed by atoms with Gasteiger partial charge in [-0.15, -0.1) is 0 Å². The van der Waals surface area contributed by atoms with Crippen LogP contribution in [-0.4, -0.2) is 27.4 Å². The van der Waals surface area contributed by atoms with Crippen molar-refractivity contribution >= 4 is 15.2 Å². The Morgan fingerprint density at radius 3 is 1.55 bits per heavy atom. The van der Waals surface area contributed by atoms with Gasteiger partial charge in [0.25, 0.3) is 0 Å². The van der Waals surface area contributed by atoms with Gasteiger partial charge < -0.3 is 18.1 Å². The molecule has 0 unspecified atom stereocenters. The lowest BCUT2D eigenvalue weighted by molar-refractivity contribution is 0.203. The lowest BCUT2D eigenvalue weighted by Crippen LogP contribution is -2.04. The third-order valence-electron chi connectivity index (χ3n) is 3.13. The summed E-state index contributed by atoms with van der Waals surface area (Å²) < 4.78 is 45.9. The molecule has 0 aliphatic heterocycles. The van der Waals surface area contributed by atoms with Crippen LogP contribution in [0.4, 0.5) is 0 Å². The first kappa shape index (κ1) is 22.0. The quantitative estimate of drug-likeness (QED) is 0.300. The third-order valence-corrected chi connectivity index (χ3v) is 7.87. The molecule has 0 rings (SSSR count). The van der Waals surface area contributed by atoms with Gasteiger partial charge in [-0.1, -0.05) is 46.1 Å². The lowest BCUT2D eigenvalue weighted by atomic mass is 10.3. The zero-order chi connectivity index (χ0) is 17.1. The number of unbranched alkanes of at least 4 members (excludes halogenated alkanes) is 4. The Kier molecular flexibility index (Phi) is 11.6. The summed E-state index contributed by atoms with van der Waals surface area (Å²) >= 11 is 0. The van der Waals surface area contributed by atoms with E-state index in [0.717, 1.165) is 38.5 Å². The van der Waals surface area contributed by atoms with Crippen LogP contribution in [0.2, 0.25) is 0 Å². The monoisotopic (exact) mass is 356 g/mol. The molecule has 0 spiro atoms. The predicted octanol–water partition coefficient (Wildman–Crippen LogP) is 5.55. The minimum absolute atomic E-state index is 0.238. The first-order chi connectivity index (χ1) is 10.4. The Labute approximate surface area is 134 Å². The Hall–Kier alpha value is 0.0400. The molecule has 132 valence electrons. The van der Waals surface area contributed by atoms with E-state index in [-0.39, 0.29) is 18.3 Å². The molecule has 0 saturated heterocycles. The highest BCUT2D eigenvalue weighted by atomic mass is 31.2. The van der Waals surface area contributed by atoms with E-state index in [9.17, 15) is 9.13 Å². The molecule has 0 bridgehead atoms. The van der Waals surface area contributed by atoms with Crippen molar-refractivity contribution in [2.75, 3.05) is 27.4 Å². The molecule has 0 atom stereocenters. The molecule has 0 aromatic carbocycles. The van der Waals surface area contributed by atoms with Gasteiger partial charge in [0, 0.05) is 14.2 Å². The van der Waals surface area contributed by atoms with Crippen molar-refractivity contribution < 1.29 is 27.2 Å². The highest BCUT2D eigenvalue weighted by Gasteiger charge is 2.42. The molecular weight excluding hydrogens is 326 g/mol. The standard InChI is InChI=1S/C14H30O6P2/c1-6-8-10-12-19-22(16,20-13-11-9-7-2)14(3)21(15,17-4)18-5/h3,6-13H2,1-2,4-5H3. The van der Waals surface area contributed by atoms with Crippen LogP contribution in [0.5, 0.6) is 0 Å². The summed E-state index contributed by atoms with van der Waals surface area (Å²) in [5.41, 5.74) is 0. The Balaban J connectivity index is 4.93. The molecule has 22 heavy (non-hydrogen) atoms. The fraction of sp³-hybridized carbons (Fsp3) is 0.857. The average Bonchev–Trinajstić information content (AvgIpc) is 2.54. The van der Waals surface area contributed by atoms with Crippen molar-refractivity contribution in [2.45, 2.75) is 52.4 Å². The number of hydrogen-bond donors (Lipinski definition) is 0. The van der Waals surface area contributed by atoms with Crippen molar-refractivity contribution in [1.82, 2.24) is 0 Å². The fourth-order valence-electron chi connectivity index (χ4n) is 1.70. The molecule has 0 saturated carbocycles. The van der Waals surface area contributed by atoms with Crippen molar-refractivity contribution in [3.63, 3.8) is 0 Å². The van der Waals surface area contributed by atoms with Crippen LogP contribution in [0.1, 0.15) is 52.4 Å². The van der Waals surface area contributed by atoms with Crippen molar-refractivity contribution in [1.29, 1.82) is 0 Å². The van der Waals surface area contributed by atoms with E-state index >= 15 is 0 Å². The van der Waals surface area contributed by atoms with Crippen molar-refractivity contribution in [2.24, 2.45) is 0 Å². The van der Waals surface area contributed by atoms with Crippen LogP contribution in [0.15, 0.2) is 11.6 Å². The van der Waals surface area contributed by atoms with Gasteiger partial charge in [0.2, 0.25) is 0 Å². The zero-order valence-corrected chi connectivity index (χ0v) is 16.0. The van der Waals surface area contributed by atoms with Gasteiger partial charge >= 0.3 is 15.2 Å². The van der Waals surface area contributed by atoms with Crippen molar-refractivity contribution in [3.8, 4) is 0 Å². The lowest BCUT2D eigenvalue weighted by Gasteiger charge is -2.24. The summed E-state index contributed by atoms with van der Waals surface area (Å²) in [6, 6.07) is 0. The molecule has 0 aliphatic carbocycles. The van der Waals surface area contributed by atoms with Crippen LogP contribution in [0, 0.1) is 0 Å². The smallest absolute Gasteiger partial charge is 0.308 e. The molecule has 6 nitrogen and oxygen atoms in total. The van der Waals surface area contributed by atoms with Gasteiger partial charge in [0.15, 0.2) is 0 Å². The highest BCUT2D eigenvalue weighted by molar-refractivity contribution is 7.78. The van der Waals surface area contributed by atoms with E-state index in [4.69, 9.17) is 18.1 Å². The first-order valence-electron chi connectivity index (χ1n) is 7.70. The molecule has 0 amide bonds. The summed E-state index contributed by atoms with van der Waals surface area (Å²) in [4.78, 5) is 0. The first-order valence-corrected chi connectivity index (χ1v) is 10.8. The Bertz CT molecular complexity index is 386. The Morgan fingerprint density at radius 1 is 0.818 bits per heavy atom.